The second-order valence-corrected chi connectivity index (χ2v) is 6.71. The molecule has 3 N–H and O–H groups in total. The number of benzene rings is 1. The van der Waals surface area contributed by atoms with E-state index < -0.39 is 5.54 Å². The molecule has 0 spiro atoms. The highest BCUT2D eigenvalue weighted by Gasteiger charge is 2.38. The maximum absolute atomic E-state index is 12.6. The number of nitrogens with one attached hydrogen (secondary N) is 1. The third kappa shape index (κ3) is 3.56. The van der Waals surface area contributed by atoms with E-state index in [1.807, 2.05) is 38.1 Å². The Morgan fingerprint density at radius 1 is 1.43 bits per heavy atom. The summed E-state index contributed by atoms with van der Waals surface area (Å²) in [4.78, 5) is 14.6. The highest BCUT2D eigenvalue weighted by molar-refractivity contribution is 5.98. The molecule has 1 saturated carbocycles. The van der Waals surface area contributed by atoms with Crippen molar-refractivity contribution in [1.29, 1.82) is 0 Å². The minimum absolute atomic E-state index is 0.0465. The van der Waals surface area contributed by atoms with Crippen LogP contribution in [0.4, 0.5) is 11.4 Å². The molecule has 1 amide bonds. The van der Waals surface area contributed by atoms with Crippen LogP contribution in [0.3, 0.4) is 0 Å². The molecule has 0 bridgehead atoms. The third-order valence-corrected chi connectivity index (χ3v) is 4.46. The van der Waals surface area contributed by atoms with Crippen LogP contribution in [0.5, 0.6) is 0 Å². The van der Waals surface area contributed by atoms with Gasteiger partial charge in [0.2, 0.25) is 5.91 Å². The number of anilines is 2. The Balaban J connectivity index is 2.12. The molecule has 0 aromatic heterocycles. The van der Waals surface area contributed by atoms with Crippen LogP contribution < -0.4 is 16.0 Å². The van der Waals surface area contributed by atoms with E-state index in [1.165, 1.54) is 6.42 Å². The zero-order valence-corrected chi connectivity index (χ0v) is 13.6. The number of aryl methyl sites for hydroxylation is 1. The molecule has 4 nitrogen and oxygen atoms in total. The van der Waals surface area contributed by atoms with Gasteiger partial charge < -0.3 is 16.0 Å². The van der Waals surface area contributed by atoms with Crippen molar-refractivity contribution in [3.8, 4) is 0 Å². The van der Waals surface area contributed by atoms with Crippen molar-refractivity contribution in [2.75, 3.05) is 24.3 Å². The number of nitrogens with zero attached hydrogens (tertiary/aromatic N) is 1. The van der Waals surface area contributed by atoms with Crippen molar-refractivity contribution in [2.45, 2.75) is 45.1 Å². The zero-order valence-electron chi connectivity index (χ0n) is 13.6. The van der Waals surface area contributed by atoms with Gasteiger partial charge in [0.1, 0.15) is 0 Å². The summed E-state index contributed by atoms with van der Waals surface area (Å²) in [5.74, 6) is 0.474. The van der Waals surface area contributed by atoms with Gasteiger partial charge in [0, 0.05) is 25.5 Å². The van der Waals surface area contributed by atoms with Crippen molar-refractivity contribution < 1.29 is 4.79 Å². The van der Waals surface area contributed by atoms with Crippen LogP contribution in [0.15, 0.2) is 18.2 Å². The second-order valence-electron chi connectivity index (χ2n) is 6.71. The van der Waals surface area contributed by atoms with Crippen molar-refractivity contribution in [1.82, 2.24) is 0 Å². The summed E-state index contributed by atoms with van der Waals surface area (Å²) in [7, 11) is 4.01. The molecule has 1 aromatic carbocycles. The van der Waals surface area contributed by atoms with Crippen LogP contribution in [0.1, 0.15) is 38.2 Å². The molecular weight excluding hydrogens is 262 g/mol. The summed E-state index contributed by atoms with van der Waals surface area (Å²) in [6, 6.07) is 6.04. The molecule has 4 heteroatoms. The normalized spacial score (nSPS) is 25.5. The first kappa shape index (κ1) is 15.8. The fourth-order valence-corrected chi connectivity index (χ4v) is 3.11. The minimum Gasteiger partial charge on any atom is -0.378 e. The number of carbonyl (C=O) groups is 1. The zero-order chi connectivity index (χ0) is 15.6. The lowest BCUT2D eigenvalue weighted by atomic mass is 9.76. The summed E-state index contributed by atoms with van der Waals surface area (Å²) in [5, 5.41) is 3.02. The van der Waals surface area contributed by atoms with Gasteiger partial charge >= 0.3 is 0 Å². The predicted molar refractivity (Wildman–Crippen MR) is 88.7 cm³/mol. The van der Waals surface area contributed by atoms with Crippen LogP contribution in [0.25, 0.3) is 0 Å². The van der Waals surface area contributed by atoms with Gasteiger partial charge in [-0.25, -0.2) is 0 Å². The average molecular weight is 289 g/mol. The third-order valence-electron chi connectivity index (χ3n) is 4.46. The SMILES string of the molecule is Cc1cc(N(C)C)ccc1NC(=O)C1(N)CCCC(C)C1. The van der Waals surface area contributed by atoms with E-state index in [4.69, 9.17) is 5.73 Å². The molecule has 116 valence electrons. The number of carbonyl (C=O) groups excluding carboxylic acids is 1. The lowest BCUT2D eigenvalue weighted by molar-refractivity contribution is -0.122. The number of rotatable bonds is 3. The Morgan fingerprint density at radius 3 is 2.71 bits per heavy atom. The van der Waals surface area contributed by atoms with Crippen molar-refractivity contribution in [2.24, 2.45) is 11.7 Å². The molecule has 21 heavy (non-hydrogen) atoms. The van der Waals surface area contributed by atoms with Gasteiger partial charge in [0.15, 0.2) is 0 Å². The van der Waals surface area contributed by atoms with Crippen molar-refractivity contribution in [3.05, 3.63) is 23.8 Å². The van der Waals surface area contributed by atoms with E-state index in [1.54, 1.807) is 0 Å². The number of hydrogen-bond donors (Lipinski definition) is 2. The van der Waals surface area contributed by atoms with E-state index in [-0.39, 0.29) is 5.91 Å². The lowest BCUT2D eigenvalue weighted by Crippen LogP contribution is -2.53. The molecule has 1 aromatic rings. The number of amides is 1. The van der Waals surface area contributed by atoms with Gasteiger partial charge in [-0.3, -0.25) is 4.79 Å². The Bertz CT molecular complexity index is 527. The highest BCUT2D eigenvalue weighted by Crippen LogP contribution is 2.32. The highest BCUT2D eigenvalue weighted by atomic mass is 16.2. The van der Waals surface area contributed by atoms with Gasteiger partial charge in [-0.1, -0.05) is 19.8 Å². The molecule has 0 aliphatic heterocycles. The molecule has 1 aliphatic rings. The van der Waals surface area contributed by atoms with Gasteiger partial charge in [-0.2, -0.15) is 0 Å². The summed E-state index contributed by atoms with van der Waals surface area (Å²) in [5.41, 5.74) is 8.67. The average Bonchev–Trinajstić information content (AvgIpc) is 2.40. The molecule has 0 heterocycles. The van der Waals surface area contributed by atoms with E-state index in [0.717, 1.165) is 36.2 Å². The first-order valence-electron chi connectivity index (χ1n) is 7.70. The van der Waals surface area contributed by atoms with Crippen LogP contribution in [0, 0.1) is 12.8 Å². The molecular formula is C17H27N3O. The molecule has 0 radical (unpaired) electrons. The van der Waals surface area contributed by atoms with Crippen LogP contribution in [-0.4, -0.2) is 25.5 Å². The Labute approximate surface area is 127 Å². The lowest BCUT2D eigenvalue weighted by Gasteiger charge is -2.35. The van der Waals surface area contributed by atoms with E-state index in [9.17, 15) is 4.79 Å². The van der Waals surface area contributed by atoms with Gasteiger partial charge in [-0.15, -0.1) is 0 Å². The van der Waals surface area contributed by atoms with Crippen molar-refractivity contribution >= 4 is 17.3 Å². The van der Waals surface area contributed by atoms with Gasteiger partial charge in [-0.05, 0) is 49.4 Å². The van der Waals surface area contributed by atoms with Gasteiger partial charge in [0.05, 0.1) is 5.54 Å². The maximum Gasteiger partial charge on any atom is 0.244 e. The number of hydrogen-bond acceptors (Lipinski definition) is 3. The first-order valence-corrected chi connectivity index (χ1v) is 7.70. The molecule has 0 saturated heterocycles. The van der Waals surface area contributed by atoms with Crippen LogP contribution >= 0.6 is 0 Å². The molecule has 1 aliphatic carbocycles. The summed E-state index contributed by atoms with van der Waals surface area (Å²) >= 11 is 0. The molecule has 2 atom stereocenters. The molecule has 2 rings (SSSR count). The van der Waals surface area contributed by atoms with Crippen molar-refractivity contribution in [3.63, 3.8) is 0 Å². The summed E-state index contributed by atoms with van der Waals surface area (Å²) < 4.78 is 0. The topological polar surface area (TPSA) is 58.4 Å². The summed E-state index contributed by atoms with van der Waals surface area (Å²) in [6.07, 6.45) is 3.75. The Morgan fingerprint density at radius 2 is 2.14 bits per heavy atom. The minimum atomic E-state index is -0.718. The Kier molecular flexibility index (Phi) is 4.57. The fourth-order valence-electron chi connectivity index (χ4n) is 3.11. The quantitative estimate of drug-likeness (QED) is 0.899. The predicted octanol–water partition coefficient (Wildman–Crippen LogP) is 2.91. The van der Waals surface area contributed by atoms with Gasteiger partial charge in [0.25, 0.3) is 0 Å². The summed E-state index contributed by atoms with van der Waals surface area (Å²) in [6.45, 7) is 4.18. The van der Waals surface area contributed by atoms with Crippen LogP contribution in [-0.2, 0) is 4.79 Å². The van der Waals surface area contributed by atoms with E-state index in [0.29, 0.717) is 5.92 Å². The maximum atomic E-state index is 12.6. The fraction of sp³-hybridized carbons (Fsp3) is 0.588. The number of nitrogens with two attached hydrogens (primary N) is 1. The molecule has 2 unspecified atom stereocenters. The standard InChI is InChI=1S/C17H27N3O/c1-12-6-5-9-17(18,11-12)16(21)19-15-8-7-14(20(3)4)10-13(15)2/h7-8,10,12H,5-6,9,11,18H2,1-4H3,(H,19,21). The van der Waals surface area contributed by atoms with Crippen LogP contribution in [0.2, 0.25) is 0 Å². The molecule has 1 fully saturated rings. The monoisotopic (exact) mass is 289 g/mol. The largest absolute Gasteiger partial charge is 0.378 e. The second kappa shape index (κ2) is 6.06. The van der Waals surface area contributed by atoms with E-state index in [2.05, 4.69) is 18.3 Å². The van der Waals surface area contributed by atoms with E-state index >= 15 is 0 Å². The Hall–Kier alpha value is -1.55. The first-order chi connectivity index (χ1) is 9.82. The smallest absolute Gasteiger partial charge is 0.244 e.